The van der Waals surface area contributed by atoms with E-state index < -0.39 is 17.6 Å². The molecule has 1 aromatic carbocycles. The van der Waals surface area contributed by atoms with Crippen molar-refractivity contribution in [2.45, 2.75) is 46.2 Å². The van der Waals surface area contributed by atoms with E-state index in [1.807, 2.05) is 38.1 Å². The fourth-order valence-corrected chi connectivity index (χ4v) is 2.16. The summed E-state index contributed by atoms with van der Waals surface area (Å²) in [5.74, 6) is -0.331. The number of benzene rings is 1. The molecule has 0 saturated heterocycles. The number of alkyl halides is 3. The fraction of sp³-hybridized carbons (Fsp3) is 0.474. The summed E-state index contributed by atoms with van der Waals surface area (Å²) in [4.78, 5) is 7.69. The van der Waals surface area contributed by atoms with Crippen LogP contribution in [0.25, 0.3) is 0 Å². The molecule has 1 heterocycles. The van der Waals surface area contributed by atoms with Crippen molar-refractivity contribution in [2.24, 2.45) is 5.92 Å². The zero-order chi connectivity index (χ0) is 19.5. The molecule has 142 valence electrons. The van der Waals surface area contributed by atoms with Crippen molar-refractivity contribution in [3.63, 3.8) is 0 Å². The van der Waals surface area contributed by atoms with Gasteiger partial charge in [0.1, 0.15) is 5.56 Å². The highest BCUT2D eigenvalue weighted by atomic mass is 19.4. The molecule has 0 aliphatic carbocycles. The molecule has 0 fully saturated rings. The molecule has 0 bridgehead atoms. The topological polar surface area (TPSA) is 47.0 Å². The molecule has 0 aliphatic rings. The third kappa shape index (κ3) is 5.34. The molecule has 1 aromatic heterocycles. The van der Waals surface area contributed by atoms with E-state index in [2.05, 4.69) is 36.1 Å². The van der Waals surface area contributed by atoms with Gasteiger partial charge >= 0.3 is 6.18 Å². The Labute approximate surface area is 151 Å². The Morgan fingerprint density at radius 2 is 1.69 bits per heavy atom. The molecule has 1 N–H and O–H groups in total. The van der Waals surface area contributed by atoms with E-state index in [1.165, 1.54) is 0 Å². The number of anilines is 2. The van der Waals surface area contributed by atoms with E-state index >= 15 is 0 Å². The molecule has 4 nitrogen and oxygen atoms in total. The largest absolute Gasteiger partial charge is 0.477 e. The van der Waals surface area contributed by atoms with Crippen LogP contribution in [0.15, 0.2) is 30.5 Å². The second-order valence-corrected chi connectivity index (χ2v) is 7.57. The number of nitrogens with zero attached hydrogens (tertiary/aromatic N) is 2. The maximum atomic E-state index is 13.1. The first-order chi connectivity index (χ1) is 12.0. The molecule has 0 radical (unpaired) electrons. The van der Waals surface area contributed by atoms with Crippen LogP contribution >= 0.6 is 0 Å². The summed E-state index contributed by atoms with van der Waals surface area (Å²) in [6, 6.07) is 7.61. The van der Waals surface area contributed by atoms with Crippen molar-refractivity contribution in [1.29, 1.82) is 0 Å². The summed E-state index contributed by atoms with van der Waals surface area (Å²) < 4.78 is 44.6. The fourth-order valence-electron chi connectivity index (χ4n) is 2.16. The maximum Gasteiger partial charge on any atom is 0.423 e. The average Bonchev–Trinajstić information content (AvgIpc) is 2.51. The molecule has 0 spiro atoms. The summed E-state index contributed by atoms with van der Waals surface area (Å²) in [5.41, 5.74) is 0.873. The second-order valence-electron chi connectivity index (χ2n) is 7.57. The summed E-state index contributed by atoms with van der Waals surface area (Å²) in [5, 5.41) is 2.92. The van der Waals surface area contributed by atoms with Crippen LogP contribution in [0.2, 0.25) is 0 Å². The van der Waals surface area contributed by atoms with Gasteiger partial charge in [0, 0.05) is 11.9 Å². The van der Waals surface area contributed by atoms with Gasteiger partial charge in [-0.25, -0.2) is 4.98 Å². The van der Waals surface area contributed by atoms with Crippen molar-refractivity contribution in [2.75, 3.05) is 11.9 Å². The number of ether oxygens (including phenoxy) is 1. The third-order valence-corrected chi connectivity index (χ3v) is 3.62. The van der Waals surface area contributed by atoms with Crippen molar-refractivity contribution in [3.8, 4) is 5.88 Å². The van der Waals surface area contributed by atoms with Crippen LogP contribution in [0.3, 0.4) is 0 Å². The minimum Gasteiger partial charge on any atom is -0.477 e. The average molecular weight is 367 g/mol. The lowest BCUT2D eigenvalue weighted by atomic mass is 9.87. The van der Waals surface area contributed by atoms with Gasteiger partial charge < -0.3 is 10.1 Å². The highest BCUT2D eigenvalue weighted by molar-refractivity contribution is 5.54. The van der Waals surface area contributed by atoms with E-state index in [9.17, 15) is 13.2 Å². The minimum absolute atomic E-state index is 0.0151. The number of aromatic nitrogens is 2. The number of rotatable bonds is 5. The molecule has 0 atom stereocenters. The number of halogens is 3. The quantitative estimate of drug-likeness (QED) is 0.750. The first kappa shape index (κ1) is 20.0. The van der Waals surface area contributed by atoms with Gasteiger partial charge in [-0.05, 0) is 29.0 Å². The predicted octanol–water partition coefficient (Wildman–Crippen LogP) is 5.57. The second kappa shape index (κ2) is 7.51. The van der Waals surface area contributed by atoms with Gasteiger partial charge in [0.2, 0.25) is 11.8 Å². The summed E-state index contributed by atoms with van der Waals surface area (Å²) in [6.45, 7) is 10.2. The number of hydrogen-bond donors (Lipinski definition) is 1. The smallest absolute Gasteiger partial charge is 0.423 e. The van der Waals surface area contributed by atoms with Crippen molar-refractivity contribution < 1.29 is 17.9 Å². The van der Waals surface area contributed by atoms with Gasteiger partial charge in [0.25, 0.3) is 0 Å². The first-order valence-electron chi connectivity index (χ1n) is 8.41. The van der Waals surface area contributed by atoms with E-state index in [-0.39, 0.29) is 23.9 Å². The minimum atomic E-state index is -4.57. The van der Waals surface area contributed by atoms with Crippen LogP contribution < -0.4 is 10.1 Å². The van der Waals surface area contributed by atoms with Gasteiger partial charge in [0.15, 0.2) is 0 Å². The molecule has 2 aromatic rings. The van der Waals surface area contributed by atoms with Gasteiger partial charge in [-0.3, -0.25) is 0 Å². The van der Waals surface area contributed by atoms with E-state index in [4.69, 9.17) is 4.74 Å². The monoisotopic (exact) mass is 367 g/mol. The van der Waals surface area contributed by atoms with Crippen LogP contribution in [0.4, 0.5) is 24.8 Å². The molecular weight excluding hydrogens is 343 g/mol. The Morgan fingerprint density at radius 1 is 1.08 bits per heavy atom. The van der Waals surface area contributed by atoms with Crippen molar-refractivity contribution in [3.05, 3.63) is 41.6 Å². The third-order valence-electron chi connectivity index (χ3n) is 3.62. The molecule has 0 amide bonds. The molecule has 0 aliphatic heterocycles. The summed E-state index contributed by atoms with van der Waals surface area (Å²) in [6.07, 6.45) is -3.83. The first-order valence-corrected chi connectivity index (χ1v) is 8.41. The molecule has 2 rings (SSSR count). The van der Waals surface area contributed by atoms with Crippen LogP contribution in [0, 0.1) is 5.92 Å². The standard InChI is InChI=1S/C19H24F3N3O/c1-12(2)11-26-16-15(19(20,21)22)10-23-17(25-16)24-14-8-6-13(7-9-14)18(3,4)5/h6-10,12H,11H2,1-5H3,(H,23,24,25). The Morgan fingerprint density at radius 3 is 2.19 bits per heavy atom. The predicted molar refractivity (Wildman–Crippen MR) is 95.8 cm³/mol. The molecule has 0 unspecified atom stereocenters. The van der Waals surface area contributed by atoms with Crippen LogP contribution in [-0.2, 0) is 11.6 Å². The van der Waals surface area contributed by atoms with Crippen LogP contribution in [0.5, 0.6) is 5.88 Å². The lowest BCUT2D eigenvalue weighted by molar-refractivity contribution is -0.139. The zero-order valence-corrected chi connectivity index (χ0v) is 15.6. The number of hydrogen-bond acceptors (Lipinski definition) is 4. The van der Waals surface area contributed by atoms with Gasteiger partial charge in [0.05, 0.1) is 6.61 Å². The Bertz CT molecular complexity index is 735. The molecular formula is C19H24F3N3O. The molecule has 7 heteroatoms. The van der Waals surface area contributed by atoms with Gasteiger partial charge in [-0.1, -0.05) is 46.8 Å². The Kier molecular flexibility index (Phi) is 5.78. The maximum absolute atomic E-state index is 13.1. The highest BCUT2D eigenvalue weighted by Crippen LogP contribution is 2.35. The van der Waals surface area contributed by atoms with Crippen molar-refractivity contribution >= 4 is 11.6 Å². The normalized spacial score (nSPS) is 12.3. The molecule has 0 saturated carbocycles. The van der Waals surface area contributed by atoms with Crippen LogP contribution in [0.1, 0.15) is 45.7 Å². The summed E-state index contributed by atoms with van der Waals surface area (Å²) in [7, 11) is 0. The number of nitrogens with one attached hydrogen (secondary N) is 1. The van der Waals surface area contributed by atoms with E-state index in [0.29, 0.717) is 5.69 Å². The highest BCUT2D eigenvalue weighted by Gasteiger charge is 2.36. The Balaban J connectivity index is 2.25. The lowest BCUT2D eigenvalue weighted by Crippen LogP contribution is -2.14. The molecule has 26 heavy (non-hydrogen) atoms. The Hall–Kier alpha value is -2.31. The lowest BCUT2D eigenvalue weighted by Gasteiger charge is -2.19. The van der Waals surface area contributed by atoms with E-state index in [0.717, 1.165) is 11.8 Å². The van der Waals surface area contributed by atoms with Crippen LogP contribution in [-0.4, -0.2) is 16.6 Å². The zero-order valence-electron chi connectivity index (χ0n) is 15.6. The SMILES string of the molecule is CC(C)COc1nc(Nc2ccc(C(C)(C)C)cc2)ncc1C(F)(F)F. The summed E-state index contributed by atoms with van der Waals surface area (Å²) >= 11 is 0. The van der Waals surface area contributed by atoms with E-state index in [1.54, 1.807) is 0 Å². The van der Waals surface area contributed by atoms with Gasteiger partial charge in [-0.2, -0.15) is 18.2 Å². The van der Waals surface area contributed by atoms with Gasteiger partial charge in [-0.15, -0.1) is 0 Å². The van der Waals surface area contributed by atoms with Crippen molar-refractivity contribution in [1.82, 2.24) is 9.97 Å².